The van der Waals surface area contributed by atoms with Gasteiger partial charge in [0.1, 0.15) is 6.73 Å². The zero-order chi connectivity index (χ0) is 8.10. The molecule has 0 aromatic rings. The molecule has 1 aliphatic rings. The monoisotopic (exact) mass is 160 g/mol. The zero-order valence-electron chi connectivity index (χ0n) is 6.50. The number of rotatable bonds is 1. The molecule has 64 valence electrons. The first-order chi connectivity index (χ1) is 5.34. The molecular weight excluding hydrogens is 148 g/mol. The molecule has 1 saturated heterocycles. The quantitative estimate of drug-likeness (QED) is 0.583. The van der Waals surface area contributed by atoms with Crippen molar-refractivity contribution in [3.8, 4) is 0 Å². The van der Waals surface area contributed by atoms with Crippen LogP contribution in [0.3, 0.4) is 0 Å². The summed E-state index contributed by atoms with van der Waals surface area (Å²) in [7, 11) is 0. The highest BCUT2D eigenvalue weighted by molar-refractivity contribution is 5.66. The van der Waals surface area contributed by atoms with E-state index >= 15 is 0 Å². The zero-order valence-corrected chi connectivity index (χ0v) is 6.50. The second-order valence-electron chi connectivity index (χ2n) is 2.06. The third-order valence-corrected chi connectivity index (χ3v) is 1.30. The van der Waals surface area contributed by atoms with Crippen molar-refractivity contribution >= 4 is 6.09 Å². The van der Waals surface area contributed by atoms with Crippen molar-refractivity contribution in [2.75, 3.05) is 26.5 Å². The van der Waals surface area contributed by atoms with Gasteiger partial charge >= 0.3 is 6.09 Å². The highest BCUT2D eigenvalue weighted by Crippen LogP contribution is 1.94. The van der Waals surface area contributed by atoms with E-state index in [1.54, 1.807) is 6.92 Å². The summed E-state index contributed by atoms with van der Waals surface area (Å²) >= 11 is 0. The second-order valence-corrected chi connectivity index (χ2v) is 2.06. The molecule has 1 aliphatic heterocycles. The number of hydrogen-bond donors (Lipinski definition) is 1. The highest BCUT2D eigenvalue weighted by Gasteiger charge is 2.16. The van der Waals surface area contributed by atoms with Gasteiger partial charge in [-0.3, -0.25) is 0 Å². The van der Waals surface area contributed by atoms with E-state index in [1.807, 2.05) is 0 Å². The lowest BCUT2D eigenvalue weighted by Crippen LogP contribution is -2.49. The molecular formula is C6H12N2O3. The van der Waals surface area contributed by atoms with Crippen LogP contribution in [0.4, 0.5) is 4.79 Å². The Morgan fingerprint density at radius 3 is 3.18 bits per heavy atom. The van der Waals surface area contributed by atoms with Gasteiger partial charge in [-0.2, -0.15) is 0 Å². The van der Waals surface area contributed by atoms with Crippen molar-refractivity contribution in [3.63, 3.8) is 0 Å². The highest BCUT2D eigenvalue weighted by atomic mass is 16.6. The summed E-state index contributed by atoms with van der Waals surface area (Å²) in [6, 6.07) is 0. The van der Waals surface area contributed by atoms with Crippen molar-refractivity contribution in [3.05, 3.63) is 0 Å². The van der Waals surface area contributed by atoms with Crippen LogP contribution >= 0.6 is 0 Å². The molecule has 11 heavy (non-hydrogen) atoms. The number of hydrazine groups is 1. The van der Waals surface area contributed by atoms with Crippen molar-refractivity contribution in [2.45, 2.75) is 6.92 Å². The smallest absolute Gasteiger partial charge is 0.424 e. The standard InChI is InChI=1S/C6H12N2O3/c1-2-11-6(9)8-3-4-10-5-7-8/h7H,2-5H2,1H3. The number of hydrogen-bond acceptors (Lipinski definition) is 4. The van der Waals surface area contributed by atoms with Gasteiger partial charge in [0.15, 0.2) is 0 Å². The third kappa shape index (κ3) is 2.36. The van der Waals surface area contributed by atoms with Crippen LogP contribution in [0.2, 0.25) is 0 Å². The summed E-state index contributed by atoms with van der Waals surface area (Å²) in [6.45, 7) is 3.65. The lowest BCUT2D eigenvalue weighted by molar-refractivity contribution is -0.0177. The van der Waals surface area contributed by atoms with E-state index in [0.717, 1.165) is 0 Å². The predicted molar refractivity (Wildman–Crippen MR) is 37.7 cm³/mol. The third-order valence-electron chi connectivity index (χ3n) is 1.30. The minimum Gasteiger partial charge on any atom is -0.449 e. The van der Waals surface area contributed by atoms with Crippen LogP contribution in [-0.2, 0) is 9.47 Å². The average molecular weight is 160 g/mol. The SMILES string of the molecule is CCOC(=O)N1CCOCN1. The Morgan fingerprint density at radius 2 is 2.64 bits per heavy atom. The first kappa shape index (κ1) is 8.29. The van der Waals surface area contributed by atoms with Crippen molar-refractivity contribution < 1.29 is 14.3 Å². The van der Waals surface area contributed by atoms with Gasteiger partial charge in [0, 0.05) is 0 Å². The Hall–Kier alpha value is -0.810. The number of nitrogens with zero attached hydrogens (tertiary/aromatic N) is 1. The predicted octanol–water partition coefficient (Wildman–Crippen LogP) is -0.0628. The molecule has 0 radical (unpaired) electrons. The molecule has 1 rings (SSSR count). The molecule has 0 spiro atoms. The number of ether oxygens (including phenoxy) is 2. The van der Waals surface area contributed by atoms with Crippen LogP contribution in [0.5, 0.6) is 0 Å². The molecule has 0 atom stereocenters. The number of nitrogens with one attached hydrogen (secondary N) is 1. The lowest BCUT2D eigenvalue weighted by Gasteiger charge is -2.26. The number of carbonyl (C=O) groups excluding carboxylic acids is 1. The Kier molecular flexibility index (Phi) is 3.13. The van der Waals surface area contributed by atoms with Crippen LogP contribution in [-0.4, -0.2) is 37.6 Å². The van der Waals surface area contributed by atoms with Gasteiger partial charge in [0.2, 0.25) is 0 Å². The van der Waals surface area contributed by atoms with Gasteiger partial charge in [-0.25, -0.2) is 15.2 Å². The van der Waals surface area contributed by atoms with Gasteiger partial charge in [-0.1, -0.05) is 0 Å². The summed E-state index contributed by atoms with van der Waals surface area (Å²) in [4.78, 5) is 11.0. The van der Waals surface area contributed by atoms with E-state index in [1.165, 1.54) is 5.01 Å². The number of amides is 1. The molecule has 0 bridgehead atoms. The molecule has 0 saturated carbocycles. The Bertz CT molecular complexity index is 134. The van der Waals surface area contributed by atoms with Crippen LogP contribution < -0.4 is 5.43 Å². The molecule has 5 heteroatoms. The molecule has 1 amide bonds. The second kappa shape index (κ2) is 4.15. The lowest BCUT2D eigenvalue weighted by atomic mass is 10.6. The van der Waals surface area contributed by atoms with Gasteiger partial charge in [-0.05, 0) is 6.92 Å². The van der Waals surface area contributed by atoms with Crippen LogP contribution in [0.15, 0.2) is 0 Å². The van der Waals surface area contributed by atoms with Gasteiger partial charge < -0.3 is 9.47 Å². The average Bonchev–Trinajstić information content (AvgIpc) is 2.07. The fourth-order valence-corrected chi connectivity index (χ4v) is 0.788. The Balaban J connectivity index is 2.27. The van der Waals surface area contributed by atoms with Crippen molar-refractivity contribution in [1.82, 2.24) is 10.4 Å². The molecule has 0 aromatic heterocycles. The molecule has 0 aromatic carbocycles. The molecule has 0 unspecified atom stereocenters. The Labute approximate surface area is 65.2 Å². The van der Waals surface area contributed by atoms with E-state index in [4.69, 9.17) is 9.47 Å². The minimum absolute atomic E-state index is 0.337. The maximum atomic E-state index is 11.0. The van der Waals surface area contributed by atoms with Gasteiger partial charge in [0.25, 0.3) is 0 Å². The van der Waals surface area contributed by atoms with Crippen LogP contribution in [0.25, 0.3) is 0 Å². The largest absolute Gasteiger partial charge is 0.449 e. The molecule has 5 nitrogen and oxygen atoms in total. The molecule has 1 fully saturated rings. The van der Waals surface area contributed by atoms with E-state index < -0.39 is 0 Å². The van der Waals surface area contributed by atoms with Crippen LogP contribution in [0.1, 0.15) is 6.92 Å². The van der Waals surface area contributed by atoms with Crippen molar-refractivity contribution in [2.24, 2.45) is 0 Å². The summed E-state index contributed by atoms with van der Waals surface area (Å²) in [5.74, 6) is 0. The molecule has 1 heterocycles. The van der Waals surface area contributed by atoms with Crippen LogP contribution in [0, 0.1) is 0 Å². The minimum atomic E-state index is -0.337. The fraction of sp³-hybridized carbons (Fsp3) is 0.833. The van der Waals surface area contributed by atoms with E-state index in [0.29, 0.717) is 26.5 Å². The van der Waals surface area contributed by atoms with Crippen molar-refractivity contribution in [1.29, 1.82) is 0 Å². The summed E-state index contributed by atoms with van der Waals surface area (Å²) in [5.41, 5.74) is 2.74. The Morgan fingerprint density at radius 1 is 1.82 bits per heavy atom. The first-order valence-electron chi connectivity index (χ1n) is 3.60. The fourth-order valence-electron chi connectivity index (χ4n) is 0.788. The van der Waals surface area contributed by atoms with E-state index in [-0.39, 0.29) is 6.09 Å². The first-order valence-corrected chi connectivity index (χ1v) is 3.60. The molecule has 1 N–H and O–H groups in total. The van der Waals surface area contributed by atoms with Gasteiger partial charge in [0.05, 0.1) is 19.8 Å². The summed E-state index contributed by atoms with van der Waals surface area (Å²) in [6.07, 6.45) is -0.337. The topological polar surface area (TPSA) is 50.8 Å². The summed E-state index contributed by atoms with van der Waals surface area (Å²) in [5, 5.41) is 1.41. The number of carbonyl (C=O) groups is 1. The normalized spacial score (nSPS) is 18.1. The van der Waals surface area contributed by atoms with E-state index in [9.17, 15) is 4.79 Å². The maximum Gasteiger partial charge on any atom is 0.424 e. The van der Waals surface area contributed by atoms with E-state index in [2.05, 4.69) is 5.43 Å². The van der Waals surface area contributed by atoms with Gasteiger partial charge in [-0.15, -0.1) is 0 Å². The maximum absolute atomic E-state index is 11.0. The molecule has 0 aliphatic carbocycles. The summed E-state index contributed by atoms with van der Waals surface area (Å²) < 4.78 is 9.72.